The summed E-state index contributed by atoms with van der Waals surface area (Å²) in [7, 11) is 0. The number of carbonyl (C=O) groups excluding carboxylic acids is 3. The smallest absolute Gasteiger partial charge is 0.416 e. The maximum Gasteiger partial charge on any atom is 0.416 e. The minimum Gasteiger partial charge on any atom is -0.444 e. The number of amides is 3. The Balaban J connectivity index is 1.50. The zero-order valence-electron chi connectivity index (χ0n) is 25.3. The van der Waals surface area contributed by atoms with Crippen LogP contribution in [-0.2, 0) is 27.0 Å². The van der Waals surface area contributed by atoms with Crippen molar-refractivity contribution < 1.29 is 36.7 Å². The Bertz CT molecular complexity index is 1510. The van der Waals surface area contributed by atoms with Crippen LogP contribution in [0.2, 0.25) is 0 Å². The number of halogens is 4. The summed E-state index contributed by atoms with van der Waals surface area (Å²) in [6, 6.07) is 18.5. The Hall–Kier alpha value is -4.61. The van der Waals surface area contributed by atoms with E-state index in [-0.39, 0.29) is 43.7 Å². The van der Waals surface area contributed by atoms with Gasteiger partial charge in [0.15, 0.2) is 0 Å². The number of likely N-dealkylation sites (tertiary alicyclic amines) is 1. The summed E-state index contributed by atoms with van der Waals surface area (Å²) >= 11 is 0. The molecule has 1 unspecified atom stereocenters. The highest BCUT2D eigenvalue weighted by Crippen LogP contribution is 2.32. The molecular weight excluding hydrogens is 592 g/mol. The van der Waals surface area contributed by atoms with Gasteiger partial charge in [-0.15, -0.1) is 0 Å². The van der Waals surface area contributed by atoms with Crippen molar-refractivity contribution in [3.63, 3.8) is 0 Å². The molecular formula is C33H36F4N4O4. The Labute approximate surface area is 259 Å². The summed E-state index contributed by atoms with van der Waals surface area (Å²) in [5.41, 5.74) is 0.350. The Kier molecular flexibility index (Phi) is 10.4. The fourth-order valence-electron chi connectivity index (χ4n) is 5.03. The third kappa shape index (κ3) is 9.69. The monoisotopic (exact) mass is 628 g/mol. The van der Waals surface area contributed by atoms with E-state index in [4.69, 9.17) is 4.74 Å². The zero-order chi connectivity index (χ0) is 32.8. The lowest BCUT2D eigenvalue weighted by Gasteiger charge is -2.28. The molecule has 8 nitrogen and oxygen atoms in total. The van der Waals surface area contributed by atoms with Crippen molar-refractivity contribution in [2.75, 3.05) is 31.1 Å². The standard InChI is InChI=1S/C33H36F4N4O4/c1-32(2,3)45-31(44)39-26-13-14-40(19-26)30(43)21-41(28-12-8-7-11-27(28)23-9-5-4-6-10-23)20-29(42)38-18-22-15-24(33(35,36)37)17-25(34)16-22/h4-12,15-17,26H,13-14,18-21H2,1-3H3,(H,38,42)(H,39,44). The van der Waals surface area contributed by atoms with Gasteiger partial charge in [-0.05, 0) is 62.6 Å². The lowest BCUT2D eigenvalue weighted by molar-refractivity contribution is -0.137. The second kappa shape index (κ2) is 14.0. The van der Waals surface area contributed by atoms with Gasteiger partial charge in [0.2, 0.25) is 11.8 Å². The largest absolute Gasteiger partial charge is 0.444 e. The van der Waals surface area contributed by atoms with Crippen molar-refractivity contribution in [3.8, 4) is 11.1 Å². The number of carbonyl (C=O) groups is 3. The van der Waals surface area contributed by atoms with Crippen LogP contribution in [0, 0.1) is 5.82 Å². The Morgan fingerprint density at radius 3 is 2.33 bits per heavy atom. The molecule has 2 N–H and O–H groups in total. The average molecular weight is 629 g/mol. The molecule has 3 amide bonds. The van der Waals surface area contributed by atoms with Crippen LogP contribution in [0.15, 0.2) is 72.8 Å². The third-order valence-electron chi connectivity index (χ3n) is 7.03. The van der Waals surface area contributed by atoms with Crippen molar-refractivity contribution in [2.24, 2.45) is 0 Å². The molecule has 1 heterocycles. The lowest BCUT2D eigenvalue weighted by atomic mass is 10.0. The number of benzene rings is 3. The lowest BCUT2D eigenvalue weighted by Crippen LogP contribution is -2.45. The molecule has 12 heteroatoms. The molecule has 1 aliphatic rings. The molecule has 240 valence electrons. The highest BCUT2D eigenvalue weighted by atomic mass is 19.4. The Morgan fingerprint density at radius 2 is 1.64 bits per heavy atom. The summed E-state index contributed by atoms with van der Waals surface area (Å²) < 4.78 is 58.7. The topological polar surface area (TPSA) is 91.0 Å². The van der Waals surface area contributed by atoms with E-state index in [1.165, 1.54) is 0 Å². The summed E-state index contributed by atoms with van der Waals surface area (Å²) in [5.74, 6) is -1.92. The van der Waals surface area contributed by atoms with Crippen LogP contribution < -0.4 is 15.5 Å². The number of alkyl halides is 3. The third-order valence-corrected chi connectivity index (χ3v) is 7.03. The first-order valence-corrected chi connectivity index (χ1v) is 14.5. The quantitative estimate of drug-likeness (QED) is 0.294. The number of hydrogen-bond acceptors (Lipinski definition) is 5. The zero-order valence-corrected chi connectivity index (χ0v) is 25.3. The van der Waals surface area contributed by atoms with Crippen LogP contribution in [0.4, 0.5) is 28.0 Å². The molecule has 0 spiro atoms. The van der Waals surface area contributed by atoms with E-state index in [9.17, 15) is 31.9 Å². The number of nitrogens with one attached hydrogen (secondary N) is 2. The van der Waals surface area contributed by atoms with Crippen molar-refractivity contribution in [1.29, 1.82) is 0 Å². The molecule has 1 atom stereocenters. The van der Waals surface area contributed by atoms with Gasteiger partial charge in [0.05, 0.1) is 24.7 Å². The van der Waals surface area contributed by atoms with Crippen molar-refractivity contribution in [2.45, 2.75) is 51.6 Å². The number of nitrogens with zero attached hydrogens (tertiary/aromatic N) is 2. The summed E-state index contributed by atoms with van der Waals surface area (Å²) in [6.45, 7) is 5.10. The number of alkyl carbamates (subject to hydrolysis) is 1. The van der Waals surface area contributed by atoms with E-state index in [1.807, 2.05) is 42.5 Å². The van der Waals surface area contributed by atoms with E-state index >= 15 is 0 Å². The van der Waals surface area contributed by atoms with E-state index in [1.54, 1.807) is 42.7 Å². The highest BCUT2D eigenvalue weighted by Gasteiger charge is 2.32. The molecule has 4 rings (SSSR count). The number of rotatable bonds is 9. The number of para-hydroxylation sites is 1. The van der Waals surface area contributed by atoms with Gasteiger partial charge in [0.1, 0.15) is 11.4 Å². The van der Waals surface area contributed by atoms with E-state index < -0.39 is 35.2 Å². The molecule has 1 aliphatic heterocycles. The second-order valence-electron chi connectivity index (χ2n) is 11.8. The molecule has 0 bridgehead atoms. The van der Waals surface area contributed by atoms with Crippen LogP contribution in [0.3, 0.4) is 0 Å². The van der Waals surface area contributed by atoms with Gasteiger partial charge in [0, 0.05) is 30.9 Å². The maximum absolute atomic E-state index is 13.9. The van der Waals surface area contributed by atoms with E-state index in [0.29, 0.717) is 24.7 Å². The van der Waals surface area contributed by atoms with Crippen molar-refractivity contribution in [3.05, 3.63) is 89.7 Å². The first-order chi connectivity index (χ1) is 21.2. The van der Waals surface area contributed by atoms with Crippen molar-refractivity contribution >= 4 is 23.6 Å². The number of ether oxygens (including phenoxy) is 1. The van der Waals surface area contributed by atoms with Gasteiger partial charge < -0.3 is 25.2 Å². The minimum atomic E-state index is -4.74. The van der Waals surface area contributed by atoms with Gasteiger partial charge in [-0.25, -0.2) is 9.18 Å². The maximum atomic E-state index is 13.9. The van der Waals surface area contributed by atoms with Crippen LogP contribution in [-0.4, -0.2) is 60.6 Å². The van der Waals surface area contributed by atoms with Crippen molar-refractivity contribution in [1.82, 2.24) is 15.5 Å². The Morgan fingerprint density at radius 1 is 0.956 bits per heavy atom. The number of hydrogen-bond donors (Lipinski definition) is 2. The molecule has 45 heavy (non-hydrogen) atoms. The van der Waals surface area contributed by atoms with Gasteiger partial charge in [0.25, 0.3) is 0 Å². The molecule has 0 saturated carbocycles. The molecule has 0 radical (unpaired) electrons. The van der Waals surface area contributed by atoms with E-state index in [2.05, 4.69) is 10.6 Å². The first kappa shape index (κ1) is 33.3. The van der Waals surface area contributed by atoms with Gasteiger partial charge in [-0.1, -0.05) is 48.5 Å². The fraction of sp³-hybridized carbons (Fsp3) is 0.364. The van der Waals surface area contributed by atoms with Crippen LogP contribution in [0.5, 0.6) is 0 Å². The fourth-order valence-corrected chi connectivity index (χ4v) is 5.03. The molecule has 3 aromatic rings. The molecule has 1 fully saturated rings. The highest BCUT2D eigenvalue weighted by molar-refractivity contribution is 5.90. The summed E-state index contributed by atoms with van der Waals surface area (Å²) in [6.07, 6.45) is -4.78. The van der Waals surface area contributed by atoms with Crippen LogP contribution in [0.25, 0.3) is 11.1 Å². The first-order valence-electron chi connectivity index (χ1n) is 14.5. The van der Waals surface area contributed by atoms with Crippen LogP contribution >= 0.6 is 0 Å². The second-order valence-corrected chi connectivity index (χ2v) is 11.8. The summed E-state index contributed by atoms with van der Waals surface area (Å²) in [4.78, 5) is 42.1. The normalized spacial score (nSPS) is 15.0. The number of anilines is 1. The van der Waals surface area contributed by atoms with Crippen LogP contribution in [0.1, 0.15) is 38.3 Å². The predicted molar refractivity (Wildman–Crippen MR) is 162 cm³/mol. The molecule has 0 aliphatic carbocycles. The predicted octanol–water partition coefficient (Wildman–Crippen LogP) is 5.76. The average Bonchev–Trinajstić information content (AvgIpc) is 3.43. The van der Waals surface area contributed by atoms with Gasteiger partial charge in [-0.2, -0.15) is 13.2 Å². The molecule has 3 aromatic carbocycles. The minimum absolute atomic E-state index is 0.0522. The van der Waals surface area contributed by atoms with Gasteiger partial charge >= 0.3 is 12.3 Å². The summed E-state index contributed by atoms with van der Waals surface area (Å²) in [5, 5.41) is 5.34. The SMILES string of the molecule is CC(C)(C)OC(=O)NC1CCN(C(=O)CN(CC(=O)NCc2cc(F)cc(C(F)(F)F)c2)c2ccccc2-c2ccccc2)C1. The van der Waals surface area contributed by atoms with Gasteiger partial charge in [-0.3, -0.25) is 9.59 Å². The molecule has 0 aromatic heterocycles. The van der Waals surface area contributed by atoms with E-state index in [0.717, 1.165) is 23.3 Å². The molecule has 1 saturated heterocycles.